The number of aliphatic hydroxyl groups is 1. The third kappa shape index (κ3) is 2.20. The average molecular weight is 280 g/mol. The van der Waals surface area contributed by atoms with Gasteiger partial charge in [0, 0.05) is 31.1 Å². The molecule has 1 aliphatic heterocycles. The van der Waals surface area contributed by atoms with E-state index in [1.165, 1.54) is 6.07 Å². The molecule has 0 amide bonds. The minimum absolute atomic E-state index is 0.210. The average Bonchev–Trinajstić information content (AvgIpc) is 2.96. The molecule has 3 unspecified atom stereocenters. The van der Waals surface area contributed by atoms with Gasteiger partial charge in [-0.1, -0.05) is 0 Å². The number of nitrogens with zero attached hydrogens (tertiary/aromatic N) is 1. The van der Waals surface area contributed by atoms with Crippen molar-refractivity contribution >= 4 is 11.4 Å². The van der Waals surface area contributed by atoms with Crippen LogP contribution in [0, 0.1) is 17.7 Å². The van der Waals surface area contributed by atoms with E-state index in [0.717, 1.165) is 31.6 Å². The number of fused-ring (bicyclic) bond motifs is 1. The summed E-state index contributed by atoms with van der Waals surface area (Å²) in [6.45, 7) is 3.91. The number of nitrogens with two attached hydrogens (primary N) is 1. The van der Waals surface area contributed by atoms with Crippen LogP contribution in [0.5, 0.6) is 5.75 Å². The molecule has 110 valence electrons. The van der Waals surface area contributed by atoms with Gasteiger partial charge in [0.25, 0.3) is 0 Å². The molecule has 3 rings (SSSR count). The van der Waals surface area contributed by atoms with E-state index in [1.807, 2.05) is 6.92 Å². The first-order valence-electron chi connectivity index (χ1n) is 7.25. The molecular formula is C15H21FN2O2. The van der Waals surface area contributed by atoms with Gasteiger partial charge in [0.05, 0.1) is 24.1 Å². The number of hydrogen-bond acceptors (Lipinski definition) is 4. The van der Waals surface area contributed by atoms with E-state index in [4.69, 9.17) is 10.5 Å². The molecule has 3 atom stereocenters. The van der Waals surface area contributed by atoms with E-state index in [2.05, 4.69) is 4.90 Å². The molecule has 2 aliphatic rings. The lowest BCUT2D eigenvalue weighted by atomic mass is 10.00. The summed E-state index contributed by atoms with van der Waals surface area (Å²) in [7, 11) is 0. The van der Waals surface area contributed by atoms with Crippen molar-refractivity contribution in [3.8, 4) is 5.75 Å². The topological polar surface area (TPSA) is 58.7 Å². The van der Waals surface area contributed by atoms with Crippen LogP contribution in [0.3, 0.4) is 0 Å². The summed E-state index contributed by atoms with van der Waals surface area (Å²) < 4.78 is 19.0. The fraction of sp³-hybridized carbons (Fsp3) is 0.600. The predicted octanol–water partition coefficient (Wildman–Crippen LogP) is 2.01. The van der Waals surface area contributed by atoms with Crippen LogP contribution in [-0.4, -0.2) is 30.9 Å². The van der Waals surface area contributed by atoms with E-state index in [9.17, 15) is 9.50 Å². The Labute approximate surface area is 118 Å². The molecule has 0 radical (unpaired) electrons. The van der Waals surface area contributed by atoms with Crippen molar-refractivity contribution in [2.45, 2.75) is 25.9 Å². The second kappa shape index (κ2) is 5.13. The third-order valence-electron chi connectivity index (χ3n) is 4.54. The van der Waals surface area contributed by atoms with Gasteiger partial charge in [-0.05, 0) is 25.7 Å². The van der Waals surface area contributed by atoms with Gasteiger partial charge in [0.2, 0.25) is 0 Å². The molecular weight excluding hydrogens is 259 g/mol. The van der Waals surface area contributed by atoms with E-state index in [-0.39, 0.29) is 11.9 Å². The highest BCUT2D eigenvalue weighted by Gasteiger charge is 2.42. The Kier molecular flexibility index (Phi) is 3.46. The normalized spacial score (nSPS) is 28.8. The maximum Gasteiger partial charge on any atom is 0.167 e. The zero-order valence-electron chi connectivity index (χ0n) is 11.7. The van der Waals surface area contributed by atoms with Crippen molar-refractivity contribution in [3.63, 3.8) is 0 Å². The molecule has 1 heterocycles. The molecule has 1 aliphatic carbocycles. The molecule has 5 heteroatoms. The fourth-order valence-corrected chi connectivity index (χ4v) is 3.53. The van der Waals surface area contributed by atoms with Gasteiger partial charge in [0.15, 0.2) is 11.6 Å². The van der Waals surface area contributed by atoms with Crippen molar-refractivity contribution in [2.24, 2.45) is 11.8 Å². The van der Waals surface area contributed by atoms with Gasteiger partial charge in [0.1, 0.15) is 0 Å². The van der Waals surface area contributed by atoms with Crippen LogP contribution < -0.4 is 15.4 Å². The highest BCUT2D eigenvalue weighted by Crippen LogP contribution is 2.42. The Bertz CT molecular complexity index is 509. The van der Waals surface area contributed by atoms with Gasteiger partial charge in [-0.3, -0.25) is 0 Å². The number of aliphatic hydroxyl groups excluding tert-OH is 1. The van der Waals surface area contributed by atoms with E-state index in [0.29, 0.717) is 24.1 Å². The Balaban J connectivity index is 1.85. The van der Waals surface area contributed by atoms with Crippen LogP contribution in [0.4, 0.5) is 15.8 Å². The second-order valence-corrected chi connectivity index (χ2v) is 5.75. The van der Waals surface area contributed by atoms with Crippen molar-refractivity contribution in [1.82, 2.24) is 0 Å². The summed E-state index contributed by atoms with van der Waals surface area (Å²) in [5.74, 6) is 0.654. The summed E-state index contributed by atoms with van der Waals surface area (Å²) >= 11 is 0. The number of hydrogen-bond donors (Lipinski definition) is 2. The summed E-state index contributed by atoms with van der Waals surface area (Å²) in [4.78, 5) is 2.15. The maximum atomic E-state index is 13.7. The minimum atomic E-state index is -0.424. The molecule has 3 N–H and O–H groups in total. The van der Waals surface area contributed by atoms with Gasteiger partial charge in [-0.25, -0.2) is 4.39 Å². The van der Waals surface area contributed by atoms with Crippen LogP contribution in [0.25, 0.3) is 0 Å². The van der Waals surface area contributed by atoms with Crippen molar-refractivity contribution < 1.29 is 14.2 Å². The monoisotopic (exact) mass is 280 g/mol. The lowest BCUT2D eigenvalue weighted by molar-refractivity contribution is 0.133. The number of rotatable bonds is 3. The first-order chi connectivity index (χ1) is 9.60. The molecule has 1 aromatic rings. The third-order valence-corrected chi connectivity index (χ3v) is 4.54. The van der Waals surface area contributed by atoms with Gasteiger partial charge < -0.3 is 20.5 Å². The zero-order chi connectivity index (χ0) is 14.3. The molecule has 2 fully saturated rings. The summed E-state index contributed by atoms with van der Waals surface area (Å²) in [6.07, 6.45) is 1.74. The van der Waals surface area contributed by atoms with Crippen molar-refractivity contribution in [1.29, 1.82) is 0 Å². The smallest absolute Gasteiger partial charge is 0.167 e. The zero-order valence-corrected chi connectivity index (χ0v) is 11.7. The minimum Gasteiger partial charge on any atom is -0.491 e. The summed E-state index contributed by atoms with van der Waals surface area (Å²) in [5.41, 5.74) is 7.20. The Morgan fingerprint density at radius 1 is 1.40 bits per heavy atom. The molecule has 0 bridgehead atoms. The van der Waals surface area contributed by atoms with Gasteiger partial charge in [-0.2, -0.15) is 0 Å². The van der Waals surface area contributed by atoms with Gasteiger partial charge in [-0.15, -0.1) is 0 Å². The Morgan fingerprint density at radius 2 is 2.20 bits per heavy atom. The SMILES string of the molecule is CCOc1cc(N2CC3CCC(O)C3C2)c(N)cc1F. The van der Waals surface area contributed by atoms with Crippen molar-refractivity contribution in [2.75, 3.05) is 30.3 Å². The number of ether oxygens (including phenoxy) is 1. The van der Waals surface area contributed by atoms with Gasteiger partial charge >= 0.3 is 0 Å². The lowest BCUT2D eigenvalue weighted by Gasteiger charge is -2.23. The largest absolute Gasteiger partial charge is 0.491 e. The lowest BCUT2D eigenvalue weighted by Crippen LogP contribution is -2.25. The van der Waals surface area contributed by atoms with E-state index < -0.39 is 5.82 Å². The number of benzene rings is 1. The highest BCUT2D eigenvalue weighted by molar-refractivity contribution is 5.70. The Hall–Kier alpha value is -1.49. The van der Waals surface area contributed by atoms with Crippen LogP contribution in [0.2, 0.25) is 0 Å². The number of halogens is 1. The van der Waals surface area contributed by atoms with Crippen LogP contribution in [0.15, 0.2) is 12.1 Å². The van der Waals surface area contributed by atoms with Crippen LogP contribution in [-0.2, 0) is 0 Å². The second-order valence-electron chi connectivity index (χ2n) is 5.75. The molecule has 4 nitrogen and oxygen atoms in total. The van der Waals surface area contributed by atoms with E-state index in [1.54, 1.807) is 6.07 Å². The summed E-state index contributed by atoms with van der Waals surface area (Å²) in [6, 6.07) is 3.01. The first kappa shape index (κ1) is 13.5. The van der Waals surface area contributed by atoms with E-state index >= 15 is 0 Å². The number of anilines is 2. The fourth-order valence-electron chi connectivity index (χ4n) is 3.53. The molecule has 1 aromatic carbocycles. The summed E-state index contributed by atoms with van der Waals surface area (Å²) in [5, 5.41) is 9.97. The standard InChI is InChI=1S/C15H21FN2O2/c1-2-20-15-6-13(12(17)5-11(15)16)18-7-9-3-4-14(19)10(9)8-18/h5-6,9-10,14,19H,2-4,7-8,17H2,1H3. The van der Waals surface area contributed by atoms with Crippen LogP contribution >= 0.6 is 0 Å². The Morgan fingerprint density at radius 3 is 2.90 bits per heavy atom. The maximum absolute atomic E-state index is 13.7. The molecule has 1 saturated heterocycles. The molecule has 1 saturated carbocycles. The molecule has 20 heavy (non-hydrogen) atoms. The molecule has 0 aromatic heterocycles. The first-order valence-corrected chi connectivity index (χ1v) is 7.25. The quantitative estimate of drug-likeness (QED) is 0.832. The van der Waals surface area contributed by atoms with Crippen LogP contribution in [0.1, 0.15) is 19.8 Å². The predicted molar refractivity (Wildman–Crippen MR) is 76.4 cm³/mol. The molecule has 0 spiro atoms. The van der Waals surface area contributed by atoms with Crippen molar-refractivity contribution in [3.05, 3.63) is 17.9 Å². The highest BCUT2D eigenvalue weighted by atomic mass is 19.1. The number of nitrogen functional groups attached to an aromatic ring is 1.